The fourth-order valence-corrected chi connectivity index (χ4v) is 0.691. The van der Waals surface area contributed by atoms with Gasteiger partial charge in [-0.1, -0.05) is 0 Å². The summed E-state index contributed by atoms with van der Waals surface area (Å²) in [6, 6.07) is 0. The van der Waals surface area contributed by atoms with Gasteiger partial charge in [-0.25, -0.2) is 0 Å². The molecule has 0 aliphatic carbocycles. The van der Waals surface area contributed by atoms with Crippen LogP contribution >= 0.6 is 0 Å². The molecule has 12 heavy (non-hydrogen) atoms. The Bertz CT molecular complexity index is 140. The molecule has 0 aromatic rings. The maximum absolute atomic E-state index is 4.10. The highest BCUT2D eigenvalue weighted by Gasteiger charge is 1.86. The van der Waals surface area contributed by atoms with Crippen molar-refractivity contribution < 1.29 is 0 Å². The minimum absolute atomic E-state index is 0.852. The van der Waals surface area contributed by atoms with E-state index >= 15 is 0 Å². The lowest BCUT2D eigenvalue weighted by Gasteiger charge is -2.06. The quantitative estimate of drug-likeness (QED) is 0.274. The summed E-state index contributed by atoms with van der Waals surface area (Å²) in [5, 5.41) is 3.77. The fourth-order valence-electron chi connectivity index (χ4n) is 0.691. The highest BCUT2D eigenvalue weighted by molar-refractivity contribution is 5.58. The zero-order valence-electron chi connectivity index (χ0n) is 8.12. The van der Waals surface area contributed by atoms with Crippen molar-refractivity contribution in [3.63, 3.8) is 0 Å². The number of rotatable bonds is 6. The van der Waals surface area contributed by atoms with Crippen molar-refractivity contribution in [1.29, 1.82) is 0 Å². The van der Waals surface area contributed by atoms with Gasteiger partial charge < -0.3 is 4.90 Å². The number of hydrazone groups is 1. The van der Waals surface area contributed by atoms with E-state index in [-0.39, 0.29) is 0 Å². The van der Waals surface area contributed by atoms with Crippen molar-refractivity contribution >= 4 is 12.6 Å². The second kappa shape index (κ2) is 8.20. The van der Waals surface area contributed by atoms with Gasteiger partial charge in [0.15, 0.2) is 0 Å². The van der Waals surface area contributed by atoms with Crippen LogP contribution in [0.3, 0.4) is 0 Å². The van der Waals surface area contributed by atoms with E-state index in [1.165, 1.54) is 0 Å². The van der Waals surface area contributed by atoms with Crippen LogP contribution in [-0.4, -0.2) is 44.6 Å². The fraction of sp³-hybridized carbons (Fsp3) is 0.750. The average molecular weight is 170 g/mol. The van der Waals surface area contributed by atoms with Gasteiger partial charge in [-0.15, -0.1) is 0 Å². The van der Waals surface area contributed by atoms with Crippen LogP contribution in [0.1, 0.15) is 13.3 Å². The van der Waals surface area contributed by atoms with Crippen molar-refractivity contribution in [1.82, 2.24) is 10.3 Å². The maximum Gasteiger partial charge on any atom is 0.103 e. The zero-order chi connectivity index (χ0) is 9.23. The van der Waals surface area contributed by atoms with Crippen molar-refractivity contribution in [2.45, 2.75) is 13.3 Å². The molecule has 0 fully saturated rings. The van der Waals surface area contributed by atoms with Gasteiger partial charge in [0.05, 0.1) is 0 Å². The molecule has 0 rings (SSSR count). The smallest absolute Gasteiger partial charge is 0.103 e. The van der Waals surface area contributed by atoms with Crippen molar-refractivity contribution in [3.8, 4) is 0 Å². The van der Waals surface area contributed by atoms with E-state index in [0.29, 0.717) is 0 Å². The SMILES string of the molecule is CC=NNC=NCCCN(C)C. The first kappa shape index (κ1) is 11.1. The molecule has 0 heterocycles. The molecule has 0 atom stereocenters. The van der Waals surface area contributed by atoms with Gasteiger partial charge in [-0.3, -0.25) is 10.4 Å². The number of hydrogen-bond acceptors (Lipinski definition) is 3. The van der Waals surface area contributed by atoms with Crippen LogP contribution in [0.25, 0.3) is 0 Å². The molecule has 0 unspecified atom stereocenters. The summed E-state index contributed by atoms with van der Waals surface area (Å²) in [6.07, 6.45) is 4.39. The lowest BCUT2D eigenvalue weighted by molar-refractivity contribution is 0.403. The van der Waals surface area contributed by atoms with Crippen LogP contribution in [0, 0.1) is 0 Å². The monoisotopic (exact) mass is 170 g/mol. The summed E-state index contributed by atoms with van der Waals surface area (Å²) < 4.78 is 0. The van der Waals surface area contributed by atoms with Gasteiger partial charge in [0.25, 0.3) is 0 Å². The molecular weight excluding hydrogens is 152 g/mol. The standard InChI is InChI=1S/C8H18N4/c1-4-10-11-8-9-6-5-7-12(2)3/h4,8H,5-7H2,1-3H3,(H,9,11). The third-order valence-electron chi connectivity index (χ3n) is 1.25. The summed E-state index contributed by atoms with van der Waals surface area (Å²) in [6.45, 7) is 3.78. The molecule has 0 aromatic heterocycles. The van der Waals surface area contributed by atoms with Gasteiger partial charge in [-0.2, -0.15) is 5.10 Å². The summed E-state index contributed by atoms with van der Waals surface area (Å²) in [4.78, 5) is 6.25. The first-order valence-electron chi connectivity index (χ1n) is 4.13. The van der Waals surface area contributed by atoms with E-state index in [9.17, 15) is 0 Å². The van der Waals surface area contributed by atoms with E-state index in [4.69, 9.17) is 0 Å². The van der Waals surface area contributed by atoms with Crippen LogP contribution in [-0.2, 0) is 0 Å². The molecule has 4 nitrogen and oxygen atoms in total. The molecule has 1 N–H and O–H groups in total. The lowest BCUT2D eigenvalue weighted by Crippen LogP contribution is -2.13. The minimum Gasteiger partial charge on any atom is -0.309 e. The number of hydrogen-bond donors (Lipinski definition) is 1. The van der Waals surface area contributed by atoms with Crippen LogP contribution < -0.4 is 5.43 Å². The minimum atomic E-state index is 0.852. The molecule has 0 amide bonds. The molecular formula is C8H18N4. The summed E-state index contributed by atoms with van der Waals surface area (Å²) in [5.74, 6) is 0. The number of nitrogens with one attached hydrogen (secondary N) is 1. The second-order valence-corrected chi connectivity index (χ2v) is 2.71. The van der Waals surface area contributed by atoms with Crippen LogP contribution in [0.5, 0.6) is 0 Å². The van der Waals surface area contributed by atoms with E-state index in [0.717, 1.165) is 19.5 Å². The first-order chi connectivity index (χ1) is 5.77. The Morgan fingerprint density at radius 2 is 2.17 bits per heavy atom. The highest BCUT2D eigenvalue weighted by atomic mass is 15.3. The number of aliphatic imine (C=N–C) groups is 1. The summed E-state index contributed by atoms with van der Waals surface area (Å²) >= 11 is 0. The molecule has 0 saturated heterocycles. The van der Waals surface area contributed by atoms with Gasteiger partial charge in [0.1, 0.15) is 6.34 Å². The predicted molar refractivity (Wildman–Crippen MR) is 53.8 cm³/mol. The van der Waals surface area contributed by atoms with Gasteiger partial charge >= 0.3 is 0 Å². The Morgan fingerprint density at radius 3 is 2.75 bits per heavy atom. The largest absolute Gasteiger partial charge is 0.309 e. The molecule has 0 aliphatic heterocycles. The average Bonchev–Trinajstić information content (AvgIpc) is 2.02. The molecule has 0 radical (unpaired) electrons. The molecule has 0 spiro atoms. The Hall–Kier alpha value is -0.900. The molecule has 0 aromatic carbocycles. The third-order valence-corrected chi connectivity index (χ3v) is 1.25. The molecule has 4 heteroatoms. The number of nitrogens with zero attached hydrogens (tertiary/aromatic N) is 3. The Balaban J connectivity index is 3.13. The van der Waals surface area contributed by atoms with Crippen LogP contribution in [0.4, 0.5) is 0 Å². The Morgan fingerprint density at radius 1 is 1.42 bits per heavy atom. The van der Waals surface area contributed by atoms with Gasteiger partial charge in [0, 0.05) is 12.8 Å². The van der Waals surface area contributed by atoms with E-state index in [2.05, 4.69) is 34.5 Å². The van der Waals surface area contributed by atoms with Gasteiger partial charge in [0.2, 0.25) is 0 Å². The second-order valence-electron chi connectivity index (χ2n) is 2.71. The normalized spacial score (nSPS) is 12.0. The third kappa shape index (κ3) is 9.10. The van der Waals surface area contributed by atoms with Crippen molar-refractivity contribution in [3.05, 3.63) is 0 Å². The topological polar surface area (TPSA) is 40.0 Å². The maximum atomic E-state index is 4.10. The highest BCUT2D eigenvalue weighted by Crippen LogP contribution is 1.82. The Kier molecular flexibility index (Phi) is 7.58. The van der Waals surface area contributed by atoms with Crippen LogP contribution in [0.15, 0.2) is 10.1 Å². The molecule has 0 bridgehead atoms. The van der Waals surface area contributed by atoms with Crippen molar-refractivity contribution in [2.75, 3.05) is 27.2 Å². The lowest BCUT2D eigenvalue weighted by atomic mass is 10.4. The Labute approximate surface area is 74.4 Å². The molecule has 0 saturated carbocycles. The molecule has 0 aliphatic rings. The molecule has 70 valence electrons. The van der Waals surface area contributed by atoms with E-state index < -0.39 is 0 Å². The van der Waals surface area contributed by atoms with Crippen molar-refractivity contribution in [2.24, 2.45) is 10.1 Å². The first-order valence-corrected chi connectivity index (χ1v) is 4.13. The van der Waals surface area contributed by atoms with Crippen LogP contribution in [0.2, 0.25) is 0 Å². The zero-order valence-corrected chi connectivity index (χ0v) is 8.12. The van der Waals surface area contributed by atoms with E-state index in [1.807, 2.05) is 6.92 Å². The summed E-state index contributed by atoms with van der Waals surface area (Å²) in [7, 11) is 4.12. The van der Waals surface area contributed by atoms with E-state index in [1.54, 1.807) is 12.6 Å². The summed E-state index contributed by atoms with van der Waals surface area (Å²) in [5.41, 5.74) is 2.69. The predicted octanol–water partition coefficient (Wildman–Crippen LogP) is 0.562. The van der Waals surface area contributed by atoms with Gasteiger partial charge in [-0.05, 0) is 34.0 Å².